The van der Waals surface area contributed by atoms with Crippen LogP contribution in [0, 0.1) is 5.92 Å². The van der Waals surface area contributed by atoms with Crippen LogP contribution in [0.25, 0.3) is 0 Å². The van der Waals surface area contributed by atoms with Crippen LogP contribution in [-0.2, 0) is 6.42 Å². The lowest BCUT2D eigenvalue weighted by atomic mass is 10.0. The molecule has 0 spiro atoms. The van der Waals surface area contributed by atoms with Crippen molar-refractivity contribution in [1.29, 1.82) is 0 Å². The monoisotopic (exact) mass is 250 g/mol. The zero-order chi connectivity index (χ0) is 13.7. The topological polar surface area (TPSA) is 62.2 Å². The van der Waals surface area contributed by atoms with Gasteiger partial charge in [0.2, 0.25) is 0 Å². The molecule has 0 saturated heterocycles. The van der Waals surface area contributed by atoms with Crippen LogP contribution >= 0.6 is 0 Å². The predicted octanol–water partition coefficient (Wildman–Crippen LogP) is 3.19. The van der Waals surface area contributed by atoms with Gasteiger partial charge in [0, 0.05) is 11.7 Å². The molecular weight excluding hydrogens is 228 g/mol. The highest BCUT2D eigenvalue weighted by Crippen LogP contribution is 2.16. The molecule has 18 heavy (non-hydrogen) atoms. The van der Waals surface area contributed by atoms with Crippen molar-refractivity contribution < 1.29 is 9.90 Å². The highest BCUT2D eigenvalue weighted by molar-refractivity contribution is 5.88. The minimum atomic E-state index is -0.909. The van der Waals surface area contributed by atoms with E-state index in [1.54, 1.807) is 12.1 Å². The summed E-state index contributed by atoms with van der Waals surface area (Å²) in [4.78, 5) is 15.5. The van der Waals surface area contributed by atoms with Crippen LogP contribution in [0.1, 0.15) is 50.2 Å². The van der Waals surface area contributed by atoms with E-state index in [1.807, 2.05) is 6.92 Å². The number of carboxylic acid groups (broad SMARTS) is 1. The molecule has 4 nitrogen and oxygen atoms in total. The molecule has 0 aromatic carbocycles. The summed E-state index contributed by atoms with van der Waals surface area (Å²) in [6.07, 6.45) is 1.71. The van der Waals surface area contributed by atoms with Crippen LogP contribution in [0.15, 0.2) is 12.1 Å². The van der Waals surface area contributed by atoms with Crippen molar-refractivity contribution >= 4 is 11.8 Å². The van der Waals surface area contributed by atoms with Crippen LogP contribution in [0.5, 0.6) is 0 Å². The van der Waals surface area contributed by atoms with Crippen molar-refractivity contribution in [1.82, 2.24) is 4.98 Å². The predicted molar refractivity (Wildman–Crippen MR) is 73.1 cm³/mol. The molecular formula is C14H22N2O2. The van der Waals surface area contributed by atoms with Crippen LogP contribution in [-0.4, -0.2) is 22.1 Å². The Labute approximate surface area is 108 Å². The van der Waals surface area contributed by atoms with E-state index in [4.69, 9.17) is 5.11 Å². The molecule has 0 fully saturated rings. The van der Waals surface area contributed by atoms with Gasteiger partial charge in [-0.1, -0.05) is 27.7 Å². The van der Waals surface area contributed by atoms with Crippen LogP contribution in [0.2, 0.25) is 0 Å². The van der Waals surface area contributed by atoms with E-state index < -0.39 is 5.97 Å². The summed E-state index contributed by atoms with van der Waals surface area (Å²) >= 11 is 0. The van der Waals surface area contributed by atoms with E-state index in [9.17, 15) is 4.79 Å². The fourth-order valence-corrected chi connectivity index (χ4v) is 1.90. The number of nitrogens with zero attached hydrogens (tertiary/aromatic N) is 1. The molecule has 1 heterocycles. The van der Waals surface area contributed by atoms with Crippen molar-refractivity contribution in [3.8, 4) is 0 Å². The average Bonchev–Trinajstić information content (AvgIpc) is 2.34. The van der Waals surface area contributed by atoms with E-state index in [2.05, 4.69) is 31.1 Å². The molecule has 1 rings (SSSR count). The standard InChI is InChI=1S/C14H22N2O2/c1-5-11-7-10(14(17)18)8-13(15-11)16-12(6-2)9(3)4/h7-9,12H,5-6H2,1-4H3,(H,15,16)(H,17,18). The summed E-state index contributed by atoms with van der Waals surface area (Å²) in [7, 11) is 0. The van der Waals surface area contributed by atoms with E-state index in [1.165, 1.54) is 0 Å². The first-order valence-corrected chi connectivity index (χ1v) is 6.48. The van der Waals surface area contributed by atoms with Gasteiger partial charge in [0.25, 0.3) is 0 Å². The molecule has 0 saturated carbocycles. The number of hydrogen-bond acceptors (Lipinski definition) is 3. The zero-order valence-electron chi connectivity index (χ0n) is 11.5. The van der Waals surface area contributed by atoms with E-state index in [0.29, 0.717) is 23.3 Å². The van der Waals surface area contributed by atoms with Crippen molar-refractivity contribution in [3.05, 3.63) is 23.4 Å². The third-order valence-corrected chi connectivity index (χ3v) is 3.07. The van der Waals surface area contributed by atoms with Gasteiger partial charge >= 0.3 is 5.97 Å². The Morgan fingerprint density at radius 1 is 1.39 bits per heavy atom. The number of rotatable bonds is 6. The van der Waals surface area contributed by atoms with Crippen LogP contribution < -0.4 is 5.32 Å². The van der Waals surface area contributed by atoms with Crippen molar-refractivity contribution in [2.75, 3.05) is 5.32 Å². The Kier molecular flexibility index (Phi) is 5.13. The summed E-state index contributed by atoms with van der Waals surface area (Å²) in [6.45, 7) is 8.36. The first-order chi connectivity index (χ1) is 8.47. The Bertz CT molecular complexity index is 416. The maximum Gasteiger partial charge on any atom is 0.335 e. The second-order valence-electron chi connectivity index (χ2n) is 4.79. The fourth-order valence-electron chi connectivity index (χ4n) is 1.90. The van der Waals surface area contributed by atoms with Gasteiger partial charge in [-0.15, -0.1) is 0 Å². The molecule has 0 aliphatic rings. The molecule has 4 heteroatoms. The maximum atomic E-state index is 11.1. The molecule has 100 valence electrons. The summed E-state index contributed by atoms with van der Waals surface area (Å²) < 4.78 is 0. The van der Waals surface area contributed by atoms with Gasteiger partial charge in [0.05, 0.1) is 5.56 Å². The molecule has 1 aromatic rings. The molecule has 1 atom stereocenters. The normalized spacial score (nSPS) is 12.5. The zero-order valence-corrected chi connectivity index (χ0v) is 11.5. The number of hydrogen-bond donors (Lipinski definition) is 2. The number of aromatic carboxylic acids is 1. The van der Waals surface area contributed by atoms with Gasteiger partial charge in [0.15, 0.2) is 0 Å². The Morgan fingerprint density at radius 2 is 2.06 bits per heavy atom. The minimum absolute atomic E-state index is 0.294. The van der Waals surface area contributed by atoms with Gasteiger partial charge in [-0.25, -0.2) is 9.78 Å². The molecule has 2 N–H and O–H groups in total. The molecule has 1 unspecified atom stereocenters. The van der Waals surface area contributed by atoms with E-state index in [-0.39, 0.29) is 0 Å². The van der Waals surface area contributed by atoms with E-state index in [0.717, 1.165) is 18.5 Å². The lowest BCUT2D eigenvalue weighted by Crippen LogP contribution is -2.25. The van der Waals surface area contributed by atoms with Crippen LogP contribution in [0.3, 0.4) is 0 Å². The Morgan fingerprint density at radius 3 is 2.50 bits per heavy atom. The summed E-state index contributed by atoms with van der Waals surface area (Å²) in [5.41, 5.74) is 1.10. The van der Waals surface area contributed by atoms with E-state index >= 15 is 0 Å². The maximum absolute atomic E-state index is 11.1. The molecule has 0 amide bonds. The second-order valence-corrected chi connectivity index (χ2v) is 4.79. The summed E-state index contributed by atoms with van der Waals surface area (Å²) in [5, 5.41) is 12.4. The number of aryl methyl sites for hydroxylation is 1. The fraction of sp³-hybridized carbons (Fsp3) is 0.571. The molecule has 0 radical (unpaired) electrons. The Balaban J connectivity index is 3.00. The molecule has 0 aliphatic heterocycles. The lowest BCUT2D eigenvalue weighted by Gasteiger charge is -2.21. The van der Waals surface area contributed by atoms with Gasteiger partial charge in [0.1, 0.15) is 5.82 Å². The second kappa shape index (κ2) is 6.38. The number of pyridine rings is 1. The number of nitrogens with one attached hydrogen (secondary N) is 1. The largest absolute Gasteiger partial charge is 0.478 e. The quantitative estimate of drug-likeness (QED) is 0.814. The molecule has 0 bridgehead atoms. The van der Waals surface area contributed by atoms with Gasteiger partial charge in [-0.05, 0) is 30.9 Å². The highest BCUT2D eigenvalue weighted by Gasteiger charge is 2.13. The van der Waals surface area contributed by atoms with Crippen molar-refractivity contribution in [2.24, 2.45) is 5.92 Å². The number of anilines is 1. The SMILES string of the molecule is CCc1cc(C(=O)O)cc(NC(CC)C(C)C)n1. The average molecular weight is 250 g/mol. The van der Waals surface area contributed by atoms with Crippen molar-refractivity contribution in [2.45, 2.75) is 46.6 Å². The third kappa shape index (κ3) is 3.72. The Hall–Kier alpha value is -1.58. The van der Waals surface area contributed by atoms with Crippen molar-refractivity contribution in [3.63, 3.8) is 0 Å². The first kappa shape index (κ1) is 14.5. The number of carboxylic acids is 1. The smallest absolute Gasteiger partial charge is 0.335 e. The first-order valence-electron chi connectivity index (χ1n) is 6.48. The minimum Gasteiger partial charge on any atom is -0.478 e. The summed E-state index contributed by atoms with van der Waals surface area (Å²) in [5.74, 6) is 0.232. The van der Waals surface area contributed by atoms with Crippen LogP contribution in [0.4, 0.5) is 5.82 Å². The molecule has 0 aliphatic carbocycles. The highest BCUT2D eigenvalue weighted by atomic mass is 16.4. The number of aromatic nitrogens is 1. The lowest BCUT2D eigenvalue weighted by molar-refractivity contribution is 0.0696. The molecule has 1 aromatic heterocycles. The van der Waals surface area contributed by atoms with Gasteiger partial charge in [-0.2, -0.15) is 0 Å². The summed E-state index contributed by atoms with van der Waals surface area (Å²) in [6, 6.07) is 3.54. The third-order valence-electron chi connectivity index (χ3n) is 3.07. The van der Waals surface area contributed by atoms with Gasteiger partial charge < -0.3 is 10.4 Å². The number of carbonyl (C=O) groups is 1. The van der Waals surface area contributed by atoms with Gasteiger partial charge in [-0.3, -0.25) is 0 Å².